The number of pyridine rings is 1. The molecule has 0 saturated carbocycles. The zero-order valence-electron chi connectivity index (χ0n) is 11.7. The van der Waals surface area contributed by atoms with E-state index in [1.54, 1.807) is 18.3 Å². The summed E-state index contributed by atoms with van der Waals surface area (Å²) >= 11 is 0. The van der Waals surface area contributed by atoms with Gasteiger partial charge in [0.05, 0.1) is 11.2 Å². The summed E-state index contributed by atoms with van der Waals surface area (Å²) in [6.45, 7) is 2.29. The van der Waals surface area contributed by atoms with Crippen LogP contribution in [0.25, 0.3) is 10.9 Å². The second kappa shape index (κ2) is 5.38. The molecule has 0 aliphatic carbocycles. The molecule has 0 saturated heterocycles. The Labute approximate surface area is 126 Å². The molecule has 22 heavy (non-hydrogen) atoms. The lowest BCUT2D eigenvalue weighted by molar-refractivity contribution is 0.574. The van der Waals surface area contributed by atoms with Crippen molar-refractivity contribution in [1.29, 1.82) is 0 Å². The molecule has 0 amide bonds. The molecule has 3 rings (SSSR count). The van der Waals surface area contributed by atoms with Gasteiger partial charge in [0.1, 0.15) is 5.82 Å². The fourth-order valence-corrected chi connectivity index (χ4v) is 3.43. The van der Waals surface area contributed by atoms with Crippen molar-refractivity contribution in [2.24, 2.45) is 0 Å². The van der Waals surface area contributed by atoms with E-state index in [0.717, 1.165) is 0 Å². The third-order valence-corrected chi connectivity index (χ3v) is 4.53. The summed E-state index contributed by atoms with van der Waals surface area (Å²) in [5, 5.41) is 0.157. The Morgan fingerprint density at radius 3 is 2.82 bits per heavy atom. The van der Waals surface area contributed by atoms with Gasteiger partial charge >= 0.3 is 0 Å². The van der Waals surface area contributed by atoms with Crippen molar-refractivity contribution < 1.29 is 12.8 Å². The standard InChI is InChI=1S/C14H13FN4O2S/c1-2-19-9-8-17-14(19)22(20,21)18-12-6-5-11(15)10-4-3-7-16-13(10)12/h3-9,18H,2H2,1H3. The smallest absolute Gasteiger partial charge is 0.295 e. The SMILES string of the molecule is CCn1ccnc1S(=O)(=O)Nc1ccc(F)c2cccnc12. The number of sulfonamides is 1. The third-order valence-electron chi connectivity index (χ3n) is 3.22. The first-order chi connectivity index (χ1) is 10.5. The van der Waals surface area contributed by atoms with E-state index in [1.807, 2.05) is 6.92 Å². The summed E-state index contributed by atoms with van der Waals surface area (Å²) < 4.78 is 42.6. The highest BCUT2D eigenvalue weighted by molar-refractivity contribution is 7.92. The predicted octanol–water partition coefficient (Wildman–Crippen LogP) is 2.39. The number of rotatable bonds is 4. The molecule has 0 atom stereocenters. The van der Waals surface area contributed by atoms with Crippen LogP contribution in [0.15, 0.2) is 48.0 Å². The summed E-state index contributed by atoms with van der Waals surface area (Å²) in [6, 6.07) is 5.69. The van der Waals surface area contributed by atoms with Crippen molar-refractivity contribution in [1.82, 2.24) is 14.5 Å². The highest BCUT2D eigenvalue weighted by Gasteiger charge is 2.21. The van der Waals surface area contributed by atoms with Crippen LogP contribution in [0.4, 0.5) is 10.1 Å². The molecule has 0 aliphatic heterocycles. The van der Waals surface area contributed by atoms with Gasteiger partial charge in [-0.3, -0.25) is 9.71 Å². The lowest BCUT2D eigenvalue weighted by Gasteiger charge is -2.11. The van der Waals surface area contributed by atoms with Gasteiger partial charge in [-0.1, -0.05) is 0 Å². The zero-order valence-corrected chi connectivity index (χ0v) is 12.5. The molecule has 0 bridgehead atoms. The molecule has 2 aromatic heterocycles. The van der Waals surface area contributed by atoms with Gasteiger partial charge in [0.25, 0.3) is 10.0 Å². The summed E-state index contributed by atoms with van der Waals surface area (Å²) in [4.78, 5) is 7.93. The maximum Gasteiger partial charge on any atom is 0.295 e. The molecule has 0 spiro atoms. The molecule has 6 nitrogen and oxygen atoms in total. The fourth-order valence-electron chi connectivity index (χ4n) is 2.19. The highest BCUT2D eigenvalue weighted by atomic mass is 32.2. The first kappa shape index (κ1) is 14.5. The minimum Gasteiger partial charge on any atom is -0.321 e. The molecule has 1 aromatic carbocycles. The number of anilines is 1. The second-order valence-electron chi connectivity index (χ2n) is 4.60. The van der Waals surface area contributed by atoms with E-state index in [2.05, 4.69) is 14.7 Å². The van der Waals surface area contributed by atoms with Gasteiger partial charge in [-0.2, -0.15) is 8.42 Å². The molecule has 8 heteroatoms. The normalized spacial score (nSPS) is 11.7. The number of hydrogen-bond acceptors (Lipinski definition) is 4. The number of hydrogen-bond donors (Lipinski definition) is 1. The molecule has 0 unspecified atom stereocenters. The largest absolute Gasteiger partial charge is 0.321 e. The van der Waals surface area contributed by atoms with Gasteiger partial charge in [-0.05, 0) is 31.2 Å². The van der Waals surface area contributed by atoms with Crippen molar-refractivity contribution in [3.8, 4) is 0 Å². The first-order valence-corrected chi connectivity index (χ1v) is 8.08. The van der Waals surface area contributed by atoms with Gasteiger partial charge < -0.3 is 4.57 Å². The molecule has 3 aromatic rings. The van der Waals surface area contributed by atoms with Crippen LogP contribution >= 0.6 is 0 Å². The van der Waals surface area contributed by atoms with Crippen molar-refractivity contribution in [3.63, 3.8) is 0 Å². The van der Waals surface area contributed by atoms with Gasteiger partial charge in [0, 0.05) is 30.5 Å². The Morgan fingerprint density at radius 1 is 1.23 bits per heavy atom. The maximum absolute atomic E-state index is 13.8. The first-order valence-electron chi connectivity index (χ1n) is 6.60. The van der Waals surface area contributed by atoms with Gasteiger partial charge in [0.15, 0.2) is 0 Å². The molecule has 0 radical (unpaired) electrons. The van der Waals surface area contributed by atoms with Crippen LogP contribution in [-0.2, 0) is 16.6 Å². The van der Waals surface area contributed by atoms with E-state index in [4.69, 9.17) is 0 Å². The van der Waals surface area contributed by atoms with Crippen LogP contribution in [0, 0.1) is 5.82 Å². The number of nitrogens with zero attached hydrogens (tertiary/aromatic N) is 3. The average Bonchev–Trinajstić information content (AvgIpc) is 3.00. The van der Waals surface area contributed by atoms with E-state index < -0.39 is 15.8 Å². The Morgan fingerprint density at radius 2 is 2.05 bits per heavy atom. The topological polar surface area (TPSA) is 76.9 Å². The van der Waals surface area contributed by atoms with Crippen LogP contribution in [0.5, 0.6) is 0 Å². The van der Waals surface area contributed by atoms with E-state index >= 15 is 0 Å². The lowest BCUT2D eigenvalue weighted by atomic mass is 10.2. The Hall–Kier alpha value is -2.48. The molecule has 2 heterocycles. The quantitative estimate of drug-likeness (QED) is 0.801. The van der Waals surface area contributed by atoms with E-state index in [0.29, 0.717) is 6.54 Å². The highest BCUT2D eigenvalue weighted by Crippen LogP contribution is 2.25. The van der Waals surface area contributed by atoms with Gasteiger partial charge in [0.2, 0.25) is 5.16 Å². The molecule has 114 valence electrons. The van der Waals surface area contributed by atoms with Crippen LogP contribution in [0.1, 0.15) is 6.92 Å². The number of imidazole rings is 1. The molecule has 0 fully saturated rings. The van der Waals surface area contributed by atoms with E-state index in [9.17, 15) is 12.8 Å². The summed E-state index contributed by atoms with van der Waals surface area (Å²) in [7, 11) is -3.88. The van der Waals surface area contributed by atoms with Crippen molar-refractivity contribution >= 4 is 26.6 Å². The maximum atomic E-state index is 13.8. The molecule has 0 aliphatic rings. The summed E-state index contributed by atoms with van der Waals surface area (Å²) in [6.07, 6.45) is 4.47. The number of benzene rings is 1. The van der Waals surface area contributed by atoms with Crippen molar-refractivity contribution in [2.45, 2.75) is 18.6 Å². The molecule has 1 N–H and O–H groups in total. The number of aryl methyl sites for hydroxylation is 1. The van der Waals surface area contributed by atoms with Crippen molar-refractivity contribution in [2.75, 3.05) is 4.72 Å². The van der Waals surface area contributed by atoms with Crippen molar-refractivity contribution in [3.05, 3.63) is 48.7 Å². The second-order valence-corrected chi connectivity index (χ2v) is 6.17. The van der Waals surface area contributed by atoms with Crippen LogP contribution in [0.2, 0.25) is 0 Å². The van der Waals surface area contributed by atoms with Crippen LogP contribution < -0.4 is 4.72 Å². The number of fused-ring (bicyclic) bond motifs is 1. The molecular formula is C14H13FN4O2S. The number of halogens is 1. The lowest BCUT2D eigenvalue weighted by Crippen LogP contribution is -2.18. The Balaban J connectivity index is 2.09. The fraction of sp³-hybridized carbons (Fsp3) is 0.143. The number of nitrogens with one attached hydrogen (secondary N) is 1. The Kier molecular flexibility index (Phi) is 3.53. The third kappa shape index (κ3) is 2.41. The summed E-state index contributed by atoms with van der Waals surface area (Å²) in [5.74, 6) is -0.457. The van der Waals surface area contributed by atoms with Crippen LogP contribution in [0.3, 0.4) is 0 Å². The minimum atomic E-state index is -3.88. The van der Waals surface area contributed by atoms with Gasteiger partial charge in [-0.15, -0.1) is 0 Å². The predicted molar refractivity (Wildman–Crippen MR) is 80.4 cm³/mol. The minimum absolute atomic E-state index is 0.0941. The number of aromatic nitrogens is 3. The monoisotopic (exact) mass is 320 g/mol. The average molecular weight is 320 g/mol. The molecular weight excluding hydrogens is 307 g/mol. The zero-order chi connectivity index (χ0) is 15.7. The van der Waals surface area contributed by atoms with Gasteiger partial charge in [-0.25, -0.2) is 9.37 Å². The summed E-state index contributed by atoms with van der Waals surface area (Å²) in [5.41, 5.74) is 0.461. The van der Waals surface area contributed by atoms with E-state index in [1.165, 1.54) is 29.1 Å². The van der Waals surface area contributed by atoms with Crippen LogP contribution in [-0.4, -0.2) is 23.0 Å². The van der Waals surface area contributed by atoms with E-state index in [-0.39, 0.29) is 21.7 Å². The Bertz CT molecular complexity index is 937.